The lowest BCUT2D eigenvalue weighted by molar-refractivity contribution is -0.275. The Bertz CT molecular complexity index is 3250. The number of benzene rings is 6. The Morgan fingerprint density at radius 3 is 1.34 bits per heavy atom. The maximum Gasteiger partial charge on any atom is 0.573 e. The van der Waals surface area contributed by atoms with Crippen molar-refractivity contribution in [2.24, 2.45) is 0 Å². The average Bonchev–Trinajstić information content (AvgIpc) is 1.66. The van der Waals surface area contributed by atoms with Gasteiger partial charge in [0.2, 0.25) is 11.7 Å². The number of carbonyl (C=O) groups excluding carboxylic acids is 3. The van der Waals surface area contributed by atoms with Crippen molar-refractivity contribution in [3.63, 3.8) is 0 Å². The minimum Gasteiger partial charge on any atom is -0.456 e. The fraction of sp³-hybridized carbons (Fsp3) is 0.365. The van der Waals surface area contributed by atoms with Crippen molar-refractivity contribution in [3.8, 4) is 17.2 Å². The Morgan fingerprint density at radius 1 is 0.557 bits per heavy atom. The first kappa shape index (κ1) is 68.3. The van der Waals surface area contributed by atoms with Crippen LogP contribution in [0.3, 0.4) is 0 Å². The van der Waals surface area contributed by atoms with Crippen LogP contribution < -0.4 is 35.2 Å². The van der Waals surface area contributed by atoms with E-state index in [4.69, 9.17) is 21.8 Å². The Morgan fingerprint density at radius 2 is 0.943 bits per heavy atom. The minimum atomic E-state index is -4.89. The number of aryl methyl sites for hydroxylation is 2. The summed E-state index contributed by atoms with van der Waals surface area (Å²) in [5, 5.41) is 5.63. The lowest BCUT2D eigenvalue weighted by atomic mass is 9.91. The third-order valence-corrected chi connectivity index (χ3v) is 14.5. The number of nitrogens with two attached hydrogens (primary N) is 1. The van der Waals surface area contributed by atoms with Crippen molar-refractivity contribution >= 4 is 41.6 Å². The van der Waals surface area contributed by atoms with Crippen LogP contribution in [0.2, 0.25) is 0 Å². The van der Waals surface area contributed by atoms with Gasteiger partial charge in [-0.3, -0.25) is 14.4 Å². The number of nitrogens with one attached hydrogen (secondary N) is 1. The summed E-state index contributed by atoms with van der Waals surface area (Å²) in [5.74, 6) is -0.707. The molecule has 0 aromatic heterocycles. The van der Waals surface area contributed by atoms with Crippen molar-refractivity contribution in [2.75, 3.05) is 33.9 Å². The van der Waals surface area contributed by atoms with E-state index in [-0.39, 0.29) is 36.6 Å². The molecule has 6 aromatic rings. The van der Waals surface area contributed by atoms with E-state index in [2.05, 4.69) is 24.6 Å². The molecule has 2 aliphatic carbocycles. The standard InChI is InChI=1S/C32H32F6N2O4.C23H24F6N2O3.C8H7NO/c1-22-4-6-23(7-5-22)18-29(42)39-27-19-25(30(43-21-41)14-2-3-15-30)10-13-28(27)40(17-16-31(33,34)35)20-24-8-11-26(12-9-24)44-32(36,37)38;24-22(25,26)11-12-31(14-16-3-6-18(7-4-16)34-23(27,28)29)20-8-5-17(13-19(20)30)21(33-15-32)9-1-2-10-21;1-7-3-5-8(6-4-7)10-9-2/h4-13,19,21H,2-3,14-18,20H2,1H3,(H,39,42);3-8,13,15H,1-2,9-12,14,30H2;3-6H,1H3. The number of hydrogen-bond acceptors (Lipinski definition) is 11. The molecular formula is C63H63F12N5O8. The van der Waals surface area contributed by atoms with Crippen LogP contribution in [0.1, 0.15) is 103 Å². The number of carbonyl (C=O) groups is 3. The molecule has 8 rings (SSSR count). The molecule has 472 valence electrons. The fourth-order valence-electron chi connectivity index (χ4n) is 10.2. The third kappa shape index (κ3) is 21.5. The van der Waals surface area contributed by atoms with Crippen molar-refractivity contribution < 1.29 is 90.9 Å². The molecule has 0 aliphatic heterocycles. The van der Waals surface area contributed by atoms with Crippen LogP contribution in [0, 0.1) is 20.4 Å². The number of halogens is 12. The molecule has 0 radical (unpaired) electrons. The van der Waals surface area contributed by atoms with Crippen LogP contribution in [-0.4, -0.2) is 57.0 Å². The largest absolute Gasteiger partial charge is 0.573 e. The summed E-state index contributed by atoms with van der Waals surface area (Å²) in [6.07, 6.45) is -15.3. The smallest absolute Gasteiger partial charge is 0.456 e. The predicted octanol–water partition coefficient (Wildman–Crippen LogP) is 16.3. The van der Waals surface area contributed by atoms with Crippen molar-refractivity contribution in [1.29, 1.82) is 0 Å². The summed E-state index contributed by atoms with van der Waals surface area (Å²) in [5.41, 5.74) is 10.6. The summed E-state index contributed by atoms with van der Waals surface area (Å²) < 4.78 is 173. The summed E-state index contributed by atoms with van der Waals surface area (Å²) in [6, 6.07) is 34.1. The Hall–Kier alpha value is -8.82. The van der Waals surface area contributed by atoms with E-state index in [0.717, 1.165) is 66.6 Å². The molecular weight excluding hydrogens is 1180 g/mol. The monoisotopic (exact) mass is 1250 g/mol. The highest BCUT2D eigenvalue weighted by Crippen LogP contribution is 2.46. The third-order valence-electron chi connectivity index (χ3n) is 14.5. The van der Waals surface area contributed by atoms with Gasteiger partial charge in [0, 0.05) is 26.2 Å². The molecule has 0 atom stereocenters. The zero-order chi connectivity index (χ0) is 64.3. The first-order chi connectivity index (χ1) is 41.5. The first-order valence-electron chi connectivity index (χ1n) is 27.5. The van der Waals surface area contributed by atoms with E-state index in [0.29, 0.717) is 72.3 Å². The van der Waals surface area contributed by atoms with Crippen LogP contribution in [0.15, 0.2) is 133 Å². The second kappa shape index (κ2) is 30.2. The van der Waals surface area contributed by atoms with Crippen LogP contribution in [0.25, 0.3) is 5.01 Å². The molecule has 25 heteroatoms. The maximum atomic E-state index is 13.4. The average molecular weight is 1250 g/mol. The van der Waals surface area contributed by atoms with Crippen LogP contribution >= 0.6 is 0 Å². The summed E-state index contributed by atoms with van der Waals surface area (Å²) >= 11 is 0. The quantitative estimate of drug-likeness (QED) is 0.0220. The van der Waals surface area contributed by atoms with Gasteiger partial charge in [-0.25, -0.2) is 0 Å². The van der Waals surface area contributed by atoms with Crippen molar-refractivity contribution in [1.82, 2.24) is 0 Å². The number of alkyl halides is 12. The molecule has 6 aromatic carbocycles. The molecule has 1 amide bonds. The molecule has 0 unspecified atom stereocenters. The molecule has 0 heterocycles. The van der Waals surface area contributed by atoms with Gasteiger partial charge in [-0.05, 0) is 159 Å². The van der Waals surface area contributed by atoms with Gasteiger partial charge in [-0.1, -0.05) is 83.9 Å². The zero-order valence-electron chi connectivity index (χ0n) is 47.7. The highest BCUT2D eigenvalue weighted by molar-refractivity contribution is 5.96. The van der Waals surface area contributed by atoms with E-state index in [9.17, 15) is 67.1 Å². The highest BCUT2D eigenvalue weighted by atomic mass is 19.4. The molecule has 88 heavy (non-hydrogen) atoms. The number of hydrogen-bond donors (Lipinski definition) is 2. The molecule has 0 spiro atoms. The lowest BCUT2D eigenvalue weighted by Gasteiger charge is -2.31. The number of ether oxygens (including phenoxy) is 4. The molecule has 0 bridgehead atoms. The zero-order valence-corrected chi connectivity index (χ0v) is 47.7. The Kier molecular flexibility index (Phi) is 23.4. The molecule has 3 N–H and O–H groups in total. The van der Waals surface area contributed by atoms with Gasteiger partial charge in [0.25, 0.3) is 12.9 Å². The number of nitrogen functional groups attached to an aromatic ring is 1. The van der Waals surface area contributed by atoms with E-state index < -0.39 is 79.6 Å². The highest BCUT2D eigenvalue weighted by Gasteiger charge is 2.40. The molecule has 0 saturated heterocycles. The number of nitrogens with zero attached hydrogens (tertiary/aromatic N) is 3. The first-order valence-corrected chi connectivity index (χ1v) is 27.5. The van der Waals surface area contributed by atoms with Gasteiger partial charge in [0.1, 0.15) is 22.7 Å². The van der Waals surface area contributed by atoms with Gasteiger partial charge >= 0.3 is 25.1 Å². The summed E-state index contributed by atoms with van der Waals surface area (Å²) in [4.78, 5) is 43.0. The normalized spacial score (nSPS) is 14.3. The second-order valence-electron chi connectivity index (χ2n) is 21.0. The second-order valence-corrected chi connectivity index (χ2v) is 21.0. The molecule has 13 nitrogen and oxygen atoms in total. The van der Waals surface area contributed by atoms with E-state index in [1.54, 1.807) is 60.7 Å². The number of amides is 1. The predicted molar refractivity (Wildman–Crippen MR) is 304 cm³/mol. The summed E-state index contributed by atoms with van der Waals surface area (Å²) in [6.45, 7) is 10.0. The topological polar surface area (TPSA) is 146 Å². The van der Waals surface area contributed by atoms with Crippen molar-refractivity contribution in [3.05, 3.63) is 184 Å². The minimum absolute atomic E-state index is 0.00312. The fourth-order valence-corrected chi connectivity index (χ4v) is 10.2. The van der Waals surface area contributed by atoms with Gasteiger partial charge in [-0.2, -0.15) is 37.8 Å². The Labute approximate surface area is 500 Å². The van der Waals surface area contributed by atoms with Crippen LogP contribution in [0.4, 0.5) is 75.4 Å². The van der Waals surface area contributed by atoms with Crippen LogP contribution in [-0.2, 0) is 54.6 Å². The van der Waals surface area contributed by atoms with Gasteiger partial charge in [0.15, 0.2) is 0 Å². The Balaban J connectivity index is 0.000000248. The maximum absolute atomic E-state index is 13.4. The van der Waals surface area contributed by atoms with Gasteiger partial charge in [0.05, 0.1) is 42.0 Å². The SMILES string of the molecule is Cc1ccc(CC(=O)Nc2cc(C3(OC=O)CCCC3)ccc2N(CCC(F)(F)F)Cc2ccc(OC(F)(F)F)cc2)cc1.Nc1cc(C2(OC=O)CCCC2)ccc1N(CCC(F)(F)F)Cc1ccc(OC(F)(F)F)cc1.[C-]#[N+]Oc1ccc(C)cc1. The van der Waals surface area contributed by atoms with E-state index in [1.165, 1.54) is 34.1 Å². The van der Waals surface area contributed by atoms with Gasteiger partial charge < -0.3 is 39.8 Å². The molecule has 2 saturated carbocycles. The number of anilines is 4. The lowest BCUT2D eigenvalue weighted by Crippen LogP contribution is -2.30. The molecule has 2 fully saturated rings. The molecule has 2 aliphatic rings. The van der Waals surface area contributed by atoms with Crippen LogP contribution in [0.5, 0.6) is 17.2 Å². The summed E-state index contributed by atoms with van der Waals surface area (Å²) in [7, 11) is 0. The van der Waals surface area contributed by atoms with E-state index in [1.807, 2.05) is 38.1 Å². The van der Waals surface area contributed by atoms with Crippen molar-refractivity contribution in [2.45, 2.75) is 134 Å². The van der Waals surface area contributed by atoms with E-state index >= 15 is 0 Å². The van der Waals surface area contributed by atoms with Gasteiger partial charge in [-0.15, -0.1) is 26.3 Å². The number of rotatable bonds is 22.